The van der Waals surface area contributed by atoms with Gasteiger partial charge in [0.15, 0.2) is 0 Å². The number of benzene rings is 1. The Morgan fingerprint density at radius 2 is 2.20 bits per heavy atom. The molecule has 2 heterocycles. The number of nitrogens with zero attached hydrogens (tertiary/aromatic N) is 3. The largest absolute Gasteiger partial charge is 0.444 e. The monoisotopic (exact) mass is 309 g/mol. The van der Waals surface area contributed by atoms with E-state index in [-0.39, 0.29) is 6.04 Å². The van der Waals surface area contributed by atoms with Crippen LogP contribution in [0.3, 0.4) is 0 Å². The number of hydrogen-bond acceptors (Lipinski definition) is 3. The van der Waals surface area contributed by atoms with Crippen LogP contribution in [0.4, 0.5) is 0 Å². The van der Waals surface area contributed by atoms with Crippen LogP contribution in [0.5, 0.6) is 0 Å². The molecule has 4 nitrogen and oxygen atoms in total. The van der Waals surface area contributed by atoms with Gasteiger partial charge in [0.1, 0.15) is 17.6 Å². The first kappa shape index (κ1) is 13.5. The molecular weight excluding hydrogens is 297 g/mol. The molecule has 0 amide bonds. The number of fused-ring (bicyclic) bond motifs is 1. The fraction of sp³-hybridized carbons (Fsp3) is 0.286. The van der Waals surface area contributed by atoms with Gasteiger partial charge in [-0.2, -0.15) is 0 Å². The fourth-order valence-corrected chi connectivity index (χ4v) is 2.68. The summed E-state index contributed by atoms with van der Waals surface area (Å²) in [7, 11) is 0. The summed E-state index contributed by atoms with van der Waals surface area (Å²) in [6.07, 6.45) is 1.71. The lowest BCUT2D eigenvalue weighted by atomic mass is 10.2. The number of aryl methyl sites for hydroxylation is 1. The molecule has 0 bridgehead atoms. The average Bonchev–Trinajstić information content (AvgIpc) is 3.00. The summed E-state index contributed by atoms with van der Waals surface area (Å²) in [6, 6.07) is 5.53. The molecule has 2 aromatic heterocycles. The number of imidazole rings is 1. The highest BCUT2D eigenvalue weighted by Gasteiger charge is 2.20. The highest BCUT2D eigenvalue weighted by atomic mass is 35.5. The minimum Gasteiger partial charge on any atom is -0.444 e. The van der Waals surface area contributed by atoms with Crippen LogP contribution in [0.1, 0.15) is 30.4 Å². The predicted octanol–water partition coefficient (Wildman–Crippen LogP) is 4.33. The zero-order valence-electron chi connectivity index (χ0n) is 11.1. The van der Waals surface area contributed by atoms with Crippen molar-refractivity contribution < 1.29 is 4.42 Å². The summed E-state index contributed by atoms with van der Waals surface area (Å²) in [5, 5.41) is 0.655. The molecule has 3 aromatic rings. The second-order valence-corrected chi connectivity index (χ2v) is 5.35. The average molecular weight is 310 g/mol. The normalized spacial score (nSPS) is 13.0. The Morgan fingerprint density at radius 1 is 1.40 bits per heavy atom. The van der Waals surface area contributed by atoms with Gasteiger partial charge in [0, 0.05) is 5.02 Å². The van der Waals surface area contributed by atoms with Gasteiger partial charge in [-0.1, -0.05) is 11.6 Å². The van der Waals surface area contributed by atoms with Crippen LogP contribution in [0.25, 0.3) is 11.0 Å². The van der Waals surface area contributed by atoms with Crippen LogP contribution in [-0.4, -0.2) is 14.5 Å². The van der Waals surface area contributed by atoms with Gasteiger partial charge in [0.05, 0.1) is 23.1 Å². The molecule has 1 aromatic carbocycles. The minimum absolute atomic E-state index is 0.0800. The van der Waals surface area contributed by atoms with E-state index in [1.807, 2.05) is 36.6 Å². The molecule has 0 saturated heterocycles. The van der Waals surface area contributed by atoms with Crippen molar-refractivity contribution in [1.82, 2.24) is 14.5 Å². The molecule has 3 rings (SSSR count). The number of hydrogen-bond donors (Lipinski definition) is 0. The molecule has 0 radical (unpaired) electrons. The van der Waals surface area contributed by atoms with E-state index in [1.165, 1.54) is 0 Å². The van der Waals surface area contributed by atoms with E-state index in [1.54, 1.807) is 6.20 Å². The Balaban J connectivity index is 2.18. The molecule has 20 heavy (non-hydrogen) atoms. The smallest absolute Gasteiger partial charge is 0.217 e. The fourth-order valence-electron chi connectivity index (χ4n) is 2.32. The van der Waals surface area contributed by atoms with Gasteiger partial charge in [-0.15, -0.1) is 11.6 Å². The maximum Gasteiger partial charge on any atom is 0.217 e. The van der Waals surface area contributed by atoms with E-state index >= 15 is 0 Å². The van der Waals surface area contributed by atoms with Gasteiger partial charge in [-0.25, -0.2) is 9.97 Å². The third-order valence-electron chi connectivity index (χ3n) is 3.23. The van der Waals surface area contributed by atoms with E-state index in [4.69, 9.17) is 27.6 Å². The van der Waals surface area contributed by atoms with E-state index in [9.17, 15) is 0 Å². The van der Waals surface area contributed by atoms with Crippen molar-refractivity contribution in [2.45, 2.75) is 25.8 Å². The topological polar surface area (TPSA) is 43.9 Å². The van der Waals surface area contributed by atoms with Crippen molar-refractivity contribution in [1.29, 1.82) is 0 Å². The highest BCUT2D eigenvalue weighted by molar-refractivity contribution is 6.31. The Hall–Kier alpha value is -1.52. The van der Waals surface area contributed by atoms with Gasteiger partial charge in [0.25, 0.3) is 0 Å². The zero-order chi connectivity index (χ0) is 14.3. The number of alkyl halides is 1. The molecule has 1 atom stereocenters. The van der Waals surface area contributed by atoms with Crippen LogP contribution in [0.2, 0.25) is 5.02 Å². The standard InChI is InChI=1S/C14H13Cl2N3O/c1-8-7-17-14(20-8)9(2)19-12-4-3-10(16)5-11(12)18-13(19)6-15/h3-5,7,9H,6H2,1-2H3. The second kappa shape index (κ2) is 5.11. The molecule has 6 heteroatoms. The van der Waals surface area contributed by atoms with Gasteiger partial charge in [0.2, 0.25) is 5.89 Å². The molecule has 0 aliphatic rings. The van der Waals surface area contributed by atoms with Gasteiger partial charge in [-0.3, -0.25) is 0 Å². The first-order valence-corrected chi connectivity index (χ1v) is 7.16. The quantitative estimate of drug-likeness (QED) is 0.676. The molecule has 104 valence electrons. The number of aromatic nitrogens is 3. The van der Waals surface area contributed by atoms with Crippen LogP contribution >= 0.6 is 23.2 Å². The molecule has 1 unspecified atom stereocenters. The van der Waals surface area contributed by atoms with Crippen LogP contribution in [-0.2, 0) is 5.88 Å². The Kier molecular flexibility index (Phi) is 3.44. The lowest BCUT2D eigenvalue weighted by Gasteiger charge is -2.13. The molecule has 0 N–H and O–H groups in total. The maximum atomic E-state index is 6.01. The zero-order valence-corrected chi connectivity index (χ0v) is 12.6. The lowest BCUT2D eigenvalue weighted by Crippen LogP contribution is -2.10. The molecule has 0 aliphatic carbocycles. The van der Waals surface area contributed by atoms with Crippen molar-refractivity contribution in [2.75, 3.05) is 0 Å². The molecular formula is C14H13Cl2N3O. The Labute approximate surface area is 126 Å². The minimum atomic E-state index is -0.0800. The lowest BCUT2D eigenvalue weighted by molar-refractivity contribution is 0.415. The van der Waals surface area contributed by atoms with Crippen molar-refractivity contribution in [3.8, 4) is 0 Å². The summed E-state index contributed by atoms with van der Waals surface area (Å²) >= 11 is 12.0. The van der Waals surface area contributed by atoms with E-state index < -0.39 is 0 Å². The highest BCUT2D eigenvalue weighted by Crippen LogP contribution is 2.28. The van der Waals surface area contributed by atoms with Gasteiger partial charge in [-0.05, 0) is 32.0 Å². The molecule has 0 fully saturated rings. The number of halogens is 2. The first-order valence-electron chi connectivity index (χ1n) is 6.25. The van der Waals surface area contributed by atoms with Crippen LogP contribution in [0, 0.1) is 6.92 Å². The maximum absolute atomic E-state index is 6.01. The molecule has 0 spiro atoms. The summed E-state index contributed by atoms with van der Waals surface area (Å²) in [5.74, 6) is 2.51. The second-order valence-electron chi connectivity index (χ2n) is 4.65. The summed E-state index contributed by atoms with van der Waals surface area (Å²) in [6.45, 7) is 3.88. The van der Waals surface area contributed by atoms with E-state index in [0.717, 1.165) is 22.6 Å². The molecule has 0 saturated carbocycles. The summed E-state index contributed by atoms with van der Waals surface area (Å²) in [4.78, 5) is 8.81. The van der Waals surface area contributed by atoms with Crippen LogP contribution < -0.4 is 0 Å². The Bertz CT molecular complexity index is 763. The molecule has 0 aliphatic heterocycles. The van der Waals surface area contributed by atoms with Crippen LogP contribution in [0.15, 0.2) is 28.8 Å². The van der Waals surface area contributed by atoms with Crippen molar-refractivity contribution in [2.24, 2.45) is 0 Å². The van der Waals surface area contributed by atoms with Crippen molar-refractivity contribution in [3.05, 3.63) is 46.9 Å². The van der Waals surface area contributed by atoms with Crippen molar-refractivity contribution in [3.63, 3.8) is 0 Å². The van der Waals surface area contributed by atoms with Gasteiger partial charge < -0.3 is 8.98 Å². The summed E-state index contributed by atoms with van der Waals surface area (Å²) in [5.41, 5.74) is 1.79. The third-order valence-corrected chi connectivity index (χ3v) is 3.70. The van der Waals surface area contributed by atoms with Crippen molar-refractivity contribution >= 4 is 34.2 Å². The SMILES string of the molecule is Cc1cnc(C(C)n2c(CCl)nc3cc(Cl)ccc32)o1. The van der Waals surface area contributed by atoms with Gasteiger partial charge >= 0.3 is 0 Å². The Morgan fingerprint density at radius 3 is 2.85 bits per heavy atom. The number of oxazole rings is 1. The first-order chi connectivity index (χ1) is 9.60. The predicted molar refractivity (Wildman–Crippen MR) is 79.4 cm³/mol. The third kappa shape index (κ3) is 2.19. The van der Waals surface area contributed by atoms with E-state index in [0.29, 0.717) is 16.8 Å². The summed E-state index contributed by atoms with van der Waals surface area (Å²) < 4.78 is 7.64. The number of rotatable bonds is 3. The van der Waals surface area contributed by atoms with E-state index in [2.05, 4.69) is 9.97 Å².